The summed E-state index contributed by atoms with van der Waals surface area (Å²) in [6.07, 6.45) is 0.954. The van der Waals surface area contributed by atoms with E-state index >= 15 is 0 Å². The quantitative estimate of drug-likeness (QED) is 0.667. The zero-order valence-electron chi connectivity index (χ0n) is 11.1. The maximum atomic E-state index is 11.3. The minimum absolute atomic E-state index is 0.00812. The molecule has 2 rings (SSSR count). The predicted octanol–water partition coefficient (Wildman–Crippen LogP) is 3.83. The number of carbonyl (C=O) groups is 1. The molecule has 0 heterocycles. The zero-order chi connectivity index (χ0) is 13.8. The topological polar surface area (TPSA) is 52.3 Å². The summed E-state index contributed by atoms with van der Waals surface area (Å²) >= 11 is 0. The third-order valence-corrected chi connectivity index (χ3v) is 2.95. The second-order valence-corrected chi connectivity index (χ2v) is 4.41. The molecule has 0 spiro atoms. The fourth-order valence-corrected chi connectivity index (χ4v) is 1.82. The van der Waals surface area contributed by atoms with Gasteiger partial charge >= 0.3 is 0 Å². The van der Waals surface area contributed by atoms with Crippen molar-refractivity contribution < 1.29 is 9.53 Å². The van der Waals surface area contributed by atoms with Gasteiger partial charge in [0, 0.05) is 5.56 Å². The van der Waals surface area contributed by atoms with Crippen molar-refractivity contribution in [3.63, 3.8) is 0 Å². The van der Waals surface area contributed by atoms with Crippen LogP contribution in [0.15, 0.2) is 42.5 Å². The Bertz CT molecular complexity index is 605. The number of anilines is 1. The van der Waals surface area contributed by atoms with Gasteiger partial charge in [-0.05, 0) is 49.2 Å². The van der Waals surface area contributed by atoms with Gasteiger partial charge < -0.3 is 10.5 Å². The number of aryl methyl sites for hydroxylation is 1. The summed E-state index contributed by atoms with van der Waals surface area (Å²) in [6.45, 7) is 3.61. The molecule has 2 aromatic carbocycles. The van der Waals surface area contributed by atoms with E-state index in [2.05, 4.69) is 13.0 Å². The van der Waals surface area contributed by atoms with Crippen molar-refractivity contribution in [2.24, 2.45) is 0 Å². The molecule has 3 nitrogen and oxygen atoms in total. The van der Waals surface area contributed by atoms with Crippen LogP contribution in [0.25, 0.3) is 0 Å². The molecule has 0 aliphatic carbocycles. The normalized spacial score (nSPS) is 10.2. The molecule has 98 valence electrons. The molecule has 0 aliphatic rings. The van der Waals surface area contributed by atoms with Crippen LogP contribution in [0.4, 0.5) is 5.69 Å². The lowest BCUT2D eigenvalue weighted by Gasteiger charge is -2.10. The van der Waals surface area contributed by atoms with Gasteiger partial charge in [-0.25, -0.2) is 0 Å². The molecular formula is C16H17NO2. The number of hydrogen-bond acceptors (Lipinski definition) is 3. The minimum Gasteiger partial charge on any atom is -0.455 e. The van der Waals surface area contributed by atoms with Crippen LogP contribution in [0, 0.1) is 0 Å². The summed E-state index contributed by atoms with van der Waals surface area (Å²) in [4.78, 5) is 11.3. The monoisotopic (exact) mass is 255 g/mol. The Morgan fingerprint density at radius 1 is 1.21 bits per heavy atom. The number of nitrogens with two attached hydrogens (primary N) is 1. The smallest absolute Gasteiger partial charge is 0.159 e. The van der Waals surface area contributed by atoms with E-state index in [1.807, 2.05) is 18.2 Å². The Labute approximate surface area is 113 Å². The molecule has 0 saturated carbocycles. The van der Waals surface area contributed by atoms with Crippen LogP contribution in [0.5, 0.6) is 11.5 Å². The van der Waals surface area contributed by atoms with Crippen molar-refractivity contribution in [1.29, 1.82) is 0 Å². The van der Waals surface area contributed by atoms with Crippen LogP contribution in [-0.2, 0) is 6.42 Å². The molecule has 0 radical (unpaired) electrons. The Kier molecular flexibility index (Phi) is 3.85. The van der Waals surface area contributed by atoms with E-state index in [9.17, 15) is 4.79 Å². The molecule has 2 N–H and O–H groups in total. The van der Waals surface area contributed by atoms with Gasteiger partial charge in [-0.2, -0.15) is 0 Å². The average Bonchev–Trinajstić information content (AvgIpc) is 2.41. The summed E-state index contributed by atoms with van der Waals surface area (Å²) in [6, 6.07) is 13.0. The molecule has 0 aromatic heterocycles. The summed E-state index contributed by atoms with van der Waals surface area (Å²) in [5.74, 6) is 1.31. The largest absolute Gasteiger partial charge is 0.455 e. The molecule has 0 fully saturated rings. The van der Waals surface area contributed by atoms with E-state index in [0.717, 1.165) is 12.2 Å². The van der Waals surface area contributed by atoms with Gasteiger partial charge in [-0.1, -0.05) is 19.1 Å². The highest BCUT2D eigenvalue weighted by Gasteiger charge is 2.06. The van der Waals surface area contributed by atoms with Gasteiger partial charge in [0.25, 0.3) is 0 Å². The third kappa shape index (κ3) is 3.13. The number of hydrogen-bond donors (Lipinski definition) is 1. The predicted molar refractivity (Wildman–Crippen MR) is 76.8 cm³/mol. The summed E-state index contributed by atoms with van der Waals surface area (Å²) in [5.41, 5.74) is 8.16. The van der Waals surface area contributed by atoms with Crippen molar-refractivity contribution in [2.45, 2.75) is 20.3 Å². The second kappa shape index (κ2) is 5.57. The van der Waals surface area contributed by atoms with Crippen LogP contribution in [-0.4, -0.2) is 5.78 Å². The Morgan fingerprint density at radius 2 is 2.00 bits per heavy atom. The number of benzene rings is 2. The fraction of sp³-hybridized carbons (Fsp3) is 0.188. The Morgan fingerprint density at radius 3 is 2.63 bits per heavy atom. The first kappa shape index (κ1) is 13.1. The molecule has 0 bridgehead atoms. The molecular weight excluding hydrogens is 238 g/mol. The lowest BCUT2D eigenvalue weighted by atomic mass is 10.1. The Balaban J connectivity index is 2.25. The molecule has 19 heavy (non-hydrogen) atoms. The van der Waals surface area contributed by atoms with Gasteiger partial charge in [0.1, 0.15) is 11.5 Å². The van der Waals surface area contributed by atoms with Crippen LogP contribution in [0.1, 0.15) is 29.8 Å². The molecule has 0 unspecified atom stereocenters. The van der Waals surface area contributed by atoms with E-state index < -0.39 is 0 Å². The highest BCUT2D eigenvalue weighted by Crippen LogP contribution is 2.28. The number of carbonyl (C=O) groups excluding carboxylic acids is 1. The molecule has 0 atom stereocenters. The van der Waals surface area contributed by atoms with Gasteiger partial charge in [-0.3, -0.25) is 4.79 Å². The van der Waals surface area contributed by atoms with E-state index in [1.165, 1.54) is 12.5 Å². The van der Waals surface area contributed by atoms with Crippen molar-refractivity contribution >= 4 is 11.5 Å². The van der Waals surface area contributed by atoms with E-state index in [0.29, 0.717) is 17.0 Å². The maximum Gasteiger partial charge on any atom is 0.159 e. The van der Waals surface area contributed by atoms with E-state index in [-0.39, 0.29) is 5.78 Å². The standard InChI is InChI=1S/C16H17NO2/c1-3-12-5-4-6-14(9-12)19-16-8-7-13(11(2)18)10-15(16)17/h4-10H,3,17H2,1-2H3. The maximum absolute atomic E-state index is 11.3. The molecule has 2 aromatic rings. The van der Waals surface area contributed by atoms with Crippen molar-refractivity contribution in [3.8, 4) is 11.5 Å². The van der Waals surface area contributed by atoms with Crippen LogP contribution in [0.3, 0.4) is 0 Å². The first-order chi connectivity index (χ1) is 9.10. The zero-order valence-corrected chi connectivity index (χ0v) is 11.1. The van der Waals surface area contributed by atoms with Crippen LogP contribution >= 0.6 is 0 Å². The van der Waals surface area contributed by atoms with E-state index in [4.69, 9.17) is 10.5 Å². The number of Topliss-reactive ketones (excluding diaryl/α,β-unsaturated/α-hetero) is 1. The van der Waals surface area contributed by atoms with Crippen LogP contribution < -0.4 is 10.5 Å². The van der Waals surface area contributed by atoms with Gasteiger partial charge in [0.05, 0.1) is 5.69 Å². The SMILES string of the molecule is CCc1cccc(Oc2ccc(C(C)=O)cc2N)c1. The summed E-state index contributed by atoms with van der Waals surface area (Å²) in [5, 5.41) is 0. The lowest BCUT2D eigenvalue weighted by molar-refractivity contribution is 0.101. The molecule has 0 amide bonds. The first-order valence-electron chi connectivity index (χ1n) is 6.27. The van der Waals surface area contributed by atoms with Gasteiger partial charge in [-0.15, -0.1) is 0 Å². The third-order valence-electron chi connectivity index (χ3n) is 2.95. The van der Waals surface area contributed by atoms with Gasteiger partial charge in [0.15, 0.2) is 5.78 Å². The Hall–Kier alpha value is -2.29. The van der Waals surface area contributed by atoms with Gasteiger partial charge in [0.2, 0.25) is 0 Å². The molecule has 3 heteroatoms. The van der Waals surface area contributed by atoms with Crippen molar-refractivity contribution in [2.75, 3.05) is 5.73 Å². The first-order valence-corrected chi connectivity index (χ1v) is 6.27. The molecule has 0 aliphatic heterocycles. The van der Waals surface area contributed by atoms with E-state index in [1.54, 1.807) is 18.2 Å². The van der Waals surface area contributed by atoms with Crippen molar-refractivity contribution in [3.05, 3.63) is 53.6 Å². The molecule has 0 saturated heterocycles. The van der Waals surface area contributed by atoms with Crippen LogP contribution in [0.2, 0.25) is 0 Å². The highest BCUT2D eigenvalue weighted by atomic mass is 16.5. The van der Waals surface area contributed by atoms with Crippen molar-refractivity contribution in [1.82, 2.24) is 0 Å². The second-order valence-electron chi connectivity index (χ2n) is 4.41. The highest BCUT2D eigenvalue weighted by molar-refractivity contribution is 5.95. The minimum atomic E-state index is -0.00812. The fourth-order valence-electron chi connectivity index (χ4n) is 1.82. The average molecular weight is 255 g/mol. The lowest BCUT2D eigenvalue weighted by Crippen LogP contribution is -1.97. The number of nitrogen functional groups attached to an aromatic ring is 1. The number of ether oxygens (including phenoxy) is 1. The summed E-state index contributed by atoms with van der Waals surface area (Å²) in [7, 11) is 0. The summed E-state index contributed by atoms with van der Waals surface area (Å²) < 4.78 is 5.75. The number of rotatable bonds is 4. The number of ketones is 1.